The molecule has 0 saturated carbocycles. The van der Waals surface area contributed by atoms with Gasteiger partial charge < -0.3 is 5.11 Å². The Morgan fingerprint density at radius 3 is 2.44 bits per heavy atom. The van der Waals surface area contributed by atoms with Crippen LogP contribution >= 0.6 is 22.6 Å². The molecule has 0 fully saturated rings. The molecule has 0 aliphatic rings. The van der Waals surface area contributed by atoms with Gasteiger partial charge in [-0.2, -0.15) is 0 Å². The highest BCUT2D eigenvalue weighted by Gasteiger charge is 2.01. The summed E-state index contributed by atoms with van der Waals surface area (Å²) in [6.45, 7) is 3.42. The lowest BCUT2D eigenvalue weighted by Gasteiger charge is -1.91. The van der Waals surface area contributed by atoms with Crippen molar-refractivity contribution in [3.05, 3.63) is 22.3 Å². The number of carbonyl (C=O) groups is 1. The maximum atomic E-state index is 10.2. The summed E-state index contributed by atoms with van der Waals surface area (Å²) >= 11 is 1.90. The van der Waals surface area contributed by atoms with E-state index in [1.807, 2.05) is 22.6 Å². The number of carboxylic acids is 1. The lowest BCUT2D eigenvalue weighted by atomic mass is 10.2. The van der Waals surface area contributed by atoms with Crippen molar-refractivity contribution in [2.24, 2.45) is 0 Å². The zero-order valence-electron chi connectivity index (χ0n) is 4.80. The van der Waals surface area contributed by atoms with Crippen LogP contribution in [0.5, 0.6) is 0 Å². The first-order valence-corrected chi connectivity index (χ1v) is 3.60. The molecule has 0 amide bonds. The van der Waals surface area contributed by atoms with E-state index in [-0.39, 0.29) is 0 Å². The van der Waals surface area contributed by atoms with Gasteiger partial charge in [0.05, 0.1) is 0 Å². The van der Waals surface area contributed by atoms with Crippen LogP contribution in [0, 0.1) is 0 Å². The molecule has 9 heavy (non-hydrogen) atoms. The second-order valence-corrected chi connectivity index (χ2v) is 2.06. The number of carboxylic acid groups (broad SMARTS) is 1. The zero-order chi connectivity index (χ0) is 7.28. The van der Waals surface area contributed by atoms with E-state index in [1.165, 1.54) is 0 Å². The lowest BCUT2D eigenvalue weighted by molar-refractivity contribution is -0.132. The maximum absolute atomic E-state index is 10.2. The molecule has 0 aliphatic heterocycles. The molecule has 0 unspecified atom stereocenters. The van der Waals surface area contributed by atoms with Crippen molar-refractivity contribution < 1.29 is 9.90 Å². The maximum Gasteiger partial charge on any atom is 0.332 e. The molecule has 3 heteroatoms. The average Bonchev–Trinajstić information content (AvgIpc) is 1.82. The average molecular weight is 238 g/mol. The number of hydrogen-bond acceptors (Lipinski definition) is 1. The van der Waals surface area contributed by atoms with Crippen LogP contribution in [0.25, 0.3) is 0 Å². The first kappa shape index (κ1) is 8.68. The Labute approximate surface area is 67.4 Å². The molecule has 2 nitrogen and oxygen atoms in total. The van der Waals surface area contributed by atoms with Crippen molar-refractivity contribution in [3.8, 4) is 0 Å². The number of halogens is 1. The minimum absolute atomic E-state index is 0.380. The van der Waals surface area contributed by atoms with Gasteiger partial charge in [0.1, 0.15) is 0 Å². The minimum Gasteiger partial charge on any atom is -0.478 e. The van der Waals surface area contributed by atoms with Gasteiger partial charge in [-0.3, -0.25) is 0 Å². The van der Waals surface area contributed by atoms with E-state index in [4.69, 9.17) is 5.11 Å². The first-order valence-electron chi connectivity index (χ1n) is 2.35. The SMILES string of the molecule is C=CCC(=CI)C(=O)O. The van der Waals surface area contributed by atoms with Gasteiger partial charge in [-0.25, -0.2) is 4.79 Å². The summed E-state index contributed by atoms with van der Waals surface area (Å²) in [5.74, 6) is -0.871. The quantitative estimate of drug-likeness (QED) is 0.463. The van der Waals surface area contributed by atoms with Crippen LogP contribution in [0.3, 0.4) is 0 Å². The number of hydrogen-bond donors (Lipinski definition) is 1. The Morgan fingerprint density at radius 2 is 2.33 bits per heavy atom. The molecule has 0 aromatic heterocycles. The summed E-state index contributed by atoms with van der Waals surface area (Å²) in [5, 5.41) is 8.38. The second kappa shape index (κ2) is 4.55. The molecule has 0 rings (SSSR count). The third-order valence-corrected chi connectivity index (χ3v) is 1.52. The highest BCUT2D eigenvalue weighted by molar-refractivity contribution is 14.1. The predicted molar refractivity (Wildman–Crippen MR) is 44.6 cm³/mol. The van der Waals surface area contributed by atoms with Gasteiger partial charge in [0, 0.05) is 5.57 Å². The standard InChI is InChI=1S/C6H7IO2/c1-2-3-5(4-7)6(8)9/h2,4H,1,3H2,(H,8,9). The van der Waals surface area contributed by atoms with E-state index in [2.05, 4.69) is 6.58 Å². The first-order chi connectivity index (χ1) is 4.22. The highest BCUT2D eigenvalue weighted by Crippen LogP contribution is 2.04. The highest BCUT2D eigenvalue weighted by atomic mass is 127. The monoisotopic (exact) mass is 238 g/mol. The van der Waals surface area contributed by atoms with E-state index >= 15 is 0 Å². The summed E-state index contributed by atoms with van der Waals surface area (Å²) in [7, 11) is 0. The van der Waals surface area contributed by atoms with E-state index in [9.17, 15) is 4.79 Å². The summed E-state index contributed by atoms with van der Waals surface area (Å²) < 4.78 is 1.54. The topological polar surface area (TPSA) is 37.3 Å². The smallest absolute Gasteiger partial charge is 0.332 e. The predicted octanol–water partition coefficient (Wildman–Crippen LogP) is 1.97. The van der Waals surface area contributed by atoms with Crippen molar-refractivity contribution in [3.63, 3.8) is 0 Å². The summed E-state index contributed by atoms with van der Waals surface area (Å²) in [6, 6.07) is 0. The number of rotatable bonds is 3. The molecule has 1 N–H and O–H groups in total. The van der Waals surface area contributed by atoms with Crippen LogP contribution in [0.4, 0.5) is 0 Å². The van der Waals surface area contributed by atoms with Gasteiger partial charge in [-0.05, 0) is 10.5 Å². The van der Waals surface area contributed by atoms with Gasteiger partial charge in [0.25, 0.3) is 0 Å². The third kappa shape index (κ3) is 3.29. The Bertz CT molecular complexity index is 149. The molecule has 0 aliphatic carbocycles. The van der Waals surface area contributed by atoms with Crippen LogP contribution in [-0.4, -0.2) is 11.1 Å². The molecule has 0 heterocycles. The van der Waals surface area contributed by atoms with Crippen LogP contribution in [0.2, 0.25) is 0 Å². The molecule has 0 spiro atoms. The summed E-state index contributed by atoms with van der Waals surface area (Å²) in [5.41, 5.74) is 0.380. The van der Waals surface area contributed by atoms with Gasteiger partial charge in [-0.15, -0.1) is 6.58 Å². The van der Waals surface area contributed by atoms with Crippen LogP contribution in [0.1, 0.15) is 6.42 Å². The van der Waals surface area contributed by atoms with Crippen LogP contribution < -0.4 is 0 Å². The van der Waals surface area contributed by atoms with Crippen molar-refractivity contribution >= 4 is 28.6 Å². The van der Waals surface area contributed by atoms with E-state index in [1.54, 1.807) is 10.2 Å². The Hall–Kier alpha value is -0.320. The van der Waals surface area contributed by atoms with Gasteiger partial charge in [-0.1, -0.05) is 28.7 Å². The Kier molecular flexibility index (Phi) is 4.39. The lowest BCUT2D eigenvalue weighted by Crippen LogP contribution is -1.97. The largest absolute Gasteiger partial charge is 0.478 e. The number of allylic oxidation sites excluding steroid dienone is 1. The van der Waals surface area contributed by atoms with Gasteiger partial charge in [0.2, 0.25) is 0 Å². The van der Waals surface area contributed by atoms with Crippen molar-refractivity contribution in [2.75, 3.05) is 0 Å². The number of aliphatic carboxylic acids is 1. The Balaban J connectivity index is 4.00. The van der Waals surface area contributed by atoms with Crippen LogP contribution in [-0.2, 0) is 4.79 Å². The van der Waals surface area contributed by atoms with E-state index < -0.39 is 5.97 Å². The van der Waals surface area contributed by atoms with Crippen molar-refractivity contribution in [1.29, 1.82) is 0 Å². The van der Waals surface area contributed by atoms with Crippen LogP contribution in [0.15, 0.2) is 22.3 Å². The van der Waals surface area contributed by atoms with E-state index in [0.29, 0.717) is 12.0 Å². The van der Waals surface area contributed by atoms with Crippen molar-refractivity contribution in [2.45, 2.75) is 6.42 Å². The fourth-order valence-corrected chi connectivity index (χ4v) is 0.855. The molecular formula is C6H7IO2. The van der Waals surface area contributed by atoms with Crippen molar-refractivity contribution in [1.82, 2.24) is 0 Å². The molecule has 0 saturated heterocycles. The molecule has 0 aromatic carbocycles. The zero-order valence-corrected chi connectivity index (χ0v) is 6.96. The van der Waals surface area contributed by atoms with Gasteiger partial charge in [0.15, 0.2) is 0 Å². The summed E-state index contributed by atoms with van der Waals surface area (Å²) in [6.07, 6.45) is 2.00. The molecule has 0 aromatic rings. The molecule has 0 atom stereocenters. The Morgan fingerprint density at radius 1 is 1.78 bits per heavy atom. The van der Waals surface area contributed by atoms with E-state index in [0.717, 1.165) is 0 Å². The summed E-state index contributed by atoms with van der Waals surface area (Å²) in [4.78, 5) is 10.2. The minimum atomic E-state index is -0.871. The fraction of sp³-hybridized carbons (Fsp3) is 0.167. The third-order valence-electron chi connectivity index (χ3n) is 0.771. The second-order valence-electron chi connectivity index (χ2n) is 1.43. The molecule has 0 radical (unpaired) electrons. The fourth-order valence-electron chi connectivity index (χ4n) is 0.334. The normalized spacial score (nSPS) is 11.0. The molecule has 0 bridgehead atoms. The molecule has 50 valence electrons. The molecular weight excluding hydrogens is 231 g/mol. The van der Waals surface area contributed by atoms with Gasteiger partial charge >= 0.3 is 5.97 Å².